The van der Waals surface area contributed by atoms with Crippen molar-refractivity contribution in [3.63, 3.8) is 0 Å². The normalized spacial score (nSPS) is 11.5. The van der Waals surface area contributed by atoms with Crippen LogP contribution in [-0.2, 0) is 0 Å². The summed E-state index contributed by atoms with van der Waals surface area (Å²) in [7, 11) is 0. The van der Waals surface area contributed by atoms with Crippen molar-refractivity contribution in [2.24, 2.45) is 0 Å². The predicted molar refractivity (Wildman–Crippen MR) is 225 cm³/mol. The van der Waals surface area contributed by atoms with Gasteiger partial charge in [0.1, 0.15) is 0 Å². The summed E-state index contributed by atoms with van der Waals surface area (Å²) in [4.78, 5) is 2.39. The van der Waals surface area contributed by atoms with E-state index < -0.39 is 0 Å². The lowest BCUT2D eigenvalue weighted by atomic mass is 9.99. The zero-order chi connectivity index (χ0) is 34.4. The maximum absolute atomic E-state index is 2.39. The topological polar surface area (TPSA) is 3.24 Å². The highest BCUT2D eigenvalue weighted by molar-refractivity contribution is 7.26. The molecule has 0 saturated heterocycles. The van der Waals surface area contributed by atoms with E-state index in [-0.39, 0.29) is 0 Å². The van der Waals surface area contributed by atoms with Gasteiger partial charge in [0.25, 0.3) is 0 Å². The van der Waals surface area contributed by atoms with Gasteiger partial charge in [0.2, 0.25) is 0 Å². The molecule has 0 bridgehead atoms. The van der Waals surface area contributed by atoms with Crippen LogP contribution in [0, 0.1) is 0 Å². The van der Waals surface area contributed by atoms with Crippen molar-refractivity contribution < 1.29 is 0 Å². The molecule has 0 fully saturated rings. The summed E-state index contributed by atoms with van der Waals surface area (Å²) in [6, 6.07) is 73.0. The van der Waals surface area contributed by atoms with Crippen LogP contribution in [0.15, 0.2) is 200 Å². The molecule has 1 nitrogen and oxygen atoms in total. The van der Waals surface area contributed by atoms with Gasteiger partial charge in [-0.1, -0.05) is 146 Å². The highest BCUT2D eigenvalue weighted by atomic mass is 32.1. The first-order chi connectivity index (χ1) is 25.7. The molecule has 0 aliphatic carbocycles. The number of anilines is 3. The van der Waals surface area contributed by atoms with E-state index in [0.717, 1.165) is 17.1 Å². The van der Waals surface area contributed by atoms with Crippen LogP contribution < -0.4 is 4.90 Å². The molecule has 0 aliphatic rings. The molecule has 10 aromatic rings. The molecular weight excluding hydrogens is 647 g/mol. The molecule has 9 aromatic carbocycles. The third-order valence-electron chi connectivity index (χ3n) is 10.2. The molecular formula is C50H33NS. The van der Waals surface area contributed by atoms with E-state index in [4.69, 9.17) is 0 Å². The fourth-order valence-electron chi connectivity index (χ4n) is 7.60. The summed E-state index contributed by atoms with van der Waals surface area (Å²) in [6.07, 6.45) is 0. The Labute approximate surface area is 307 Å². The third kappa shape index (κ3) is 5.42. The number of benzene rings is 9. The van der Waals surface area contributed by atoms with Gasteiger partial charge in [-0.25, -0.2) is 0 Å². The number of nitrogens with zero attached hydrogens (tertiary/aromatic N) is 1. The standard InChI is InChI=1S/C50H33NS/c1-3-12-37-30-41(24-22-34(37)10-1)39-14-7-16-44(32-39)51(45-17-8-15-40(33-45)42-25-23-35-11-2-4-13-38(35)31-42)43-28-26-36(27-29-43)46-19-9-20-48-47-18-5-6-21-49(47)52-50(46)48/h1-33H. The molecule has 0 spiro atoms. The van der Waals surface area contributed by atoms with Gasteiger partial charge >= 0.3 is 0 Å². The average Bonchev–Trinajstić information content (AvgIpc) is 3.60. The van der Waals surface area contributed by atoms with E-state index in [1.807, 2.05) is 11.3 Å². The van der Waals surface area contributed by atoms with Gasteiger partial charge in [-0.05, 0) is 110 Å². The van der Waals surface area contributed by atoms with Gasteiger partial charge in [0, 0.05) is 37.2 Å². The van der Waals surface area contributed by atoms with Crippen molar-refractivity contribution in [3.8, 4) is 33.4 Å². The lowest BCUT2D eigenvalue weighted by Gasteiger charge is -2.27. The van der Waals surface area contributed by atoms with Crippen molar-refractivity contribution in [2.75, 3.05) is 4.90 Å². The van der Waals surface area contributed by atoms with Crippen LogP contribution in [0.1, 0.15) is 0 Å². The Bertz CT molecular complexity index is 2790. The van der Waals surface area contributed by atoms with Crippen LogP contribution in [0.25, 0.3) is 75.1 Å². The molecule has 0 saturated carbocycles. The minimum atomic E-state index is 1.11. The molecule has 0 radical (unpaired) electrons. The molecule has 0 amide bonds. The Morgan fingerprint density at radius 1 is 0.308 bits per heavy atom. The molecule has 1 heterocycles. The molecule has 0 unspecified atom stereocenters. The van der Waals surface area contributed by atoms with E-state index in [1.54, 1.807) is 0 Å². The predicted octanol–water partition coefficient (Wildman–Crippen LogP) is 14.8. The Hall–Kier alpha value is -6.48. The van der Waals surface area contributed by atoms with E-state index in [1.165, 1.54) is 75.1 Å². The van der Waals surface area contributed by atoms with Gasteiger partial charge in [0.15, 0.2) is 0 Å². The van der Waals surface area contributed by atoms with E-state index in [0.29, 0.717) is 0 Å². The average molecular weight is 680 g/mol. The monoisotopic (exact) mass is 679 g/mol. The third-order valence-corrected chi connectivity index (χ3v) is 11.4. The summed E-state index contributed by atoms with van der Waals surface area (Å²) in [5.74, 6) is 0. The largest absolute Gasteiger partial charge is 0.310 e. The first-order valence-electron chi connectivity index (χ1n) is 17.7. The molecule has 10 rings (SSSR count). The van der Waals surface area contributed by atoms with Crippen LogP contribution in [0.5, 0.6) is 0 Å². The maximum atomic E-state index is 2.39. The second-order valence-corrected chi connectivity index (χ2v) is 14.4. The van der Waals surface area contributed by atoms with Gasteiger partial charge in [0.05, 0.1) is 0 Å². The summed E-state index contributed by atoms with van der Waals surface area (Å²) < 4.78 is 2.66. The summed E-state index contributed by atoms with van der Waals surface area (Å²) in [6.45, 7) is 0. The Kier molecular flexibility index (Phi) is 7.41. The summed E-state index contributed by atoms with van der Waals surface area (Å²) in [5.41, 5.74) is 10.6. The Morgan fingerprint density at radius 2 is 0.808 bits per heavy atom. The summed E-state index contributed by atoms with van der Waals surface area (Å²) in [5, 5.41) is 7.63. The number of thiophene rings is 1. The maximum Gasteiger partial charge on any atom is 0.0467 e. The lowest BCUT2D eigenvalue weighted by Crippen LogP contribution is -2.10. The van der Waals surface area contributed by atoms with E-state index in [2.05, 4.69) is 205 Å². The van der Waals surface area contributed by atoms with Crippen LogP contribution in [0.4, 0.5) is 17.1 Å². The highest BCUT2D eigenvalue weighted by Gasteiger charge is 2.16. The molecule has 1 aromatic heterocycles. The fraction of sp³-hybridized carbons (Fsp3) is 0. The highest BCUT2D eigenvalue weighted by Crippen LogP contribution is 2.42. The van der Waals surface area contributed by atoms with Crippen molar-refractivity contribution >= 4 is 70.1 Å². The summed E-state index contributed by atoms with van der Waals surface area (Å²) >= 11 is 1.88. The van der Waals surface area contributed by atoms with Gasteiger partial charge < -0.3 is 4.90 Å². The second kappa shape index (κ2) is 12.7. The van der Waals surface area contributed by atoms with Gasteiger partial charge in [-0.3, -0.25) is 0 Å². The van der Waals surface area contributed by atoms with Crippen molar-refractivity contribution in [3.05, 3.63) is 200 Å². The van der Waals surface area contributed by atoms with Crippen LogP contribution in [-0.4, -0.2) is 0 Å². The molecule has 0 aliphatic heterocycles. The second-order valence-electron chi connectivity index (χ2n) is 13.4. The first kappa shape index (κ1) is 30.4. The van der Waals surface area contributed by atoms with Gasteiger partial charge in [-0.2, -0.15) is 0 Å². The van der Waals surface area contributed by atoms with Crippen LogP contribution in [0.3, 0.4) is 0 Å². The van der Waals surface area contributed by atoms with Crippen molar-refractivity contribution in [2.45, 2.75) is 0 Å². The zero-order valence-corrected chi connectivity index (χ0v) is 29.2. The van der Waals surface area contributed by atoms with Crippen LogP contribution in [0.2, 0.25) is 0 Å². The minimum Gasteiger partial charge on any atom is -0.310 e. The first-order valence-corrected chi connectivity index (χ1v) is 18.6. The SMILES string of the molecule is c1cc(-c2ccc3ccccc3c2)cc(N(c2ccc(-c3cccc4c3sc3ccccc34)cc2)c2cccc(-c3ccc4ccccc4c3)c2)c1. The Morgan fingerprint density at radius 3 is 1.44 bits per heavy atom. The minimum absolute atomic E-state index is 1.11. The molecule has 0 atom stereocenters. The number of fused-ring (bicyclic) bond motifs is 5. The number of hydrogen-bond donors (Lipinski definition) is 0. The van der Waals surface area contributed by atoms with Crippen molar-refractivity contribution in [1.82, 2.24) is 0 Å². The van der Waals surface area contributed by atoms with Crippen LogP contribution >= 0.6 is 11.3 Å². The quantitative estimate of drug-likeness (QED) is 0.169. The fourth-order valence-corrected chi connectivity index (χ4v) is 8.84. The van der Waals surface area contributed by atoms with Crippen molar-refractivity contribution in [1.29, 1.82) is 0 Å². The zero-order valence-electron chi connectivity index (χ0n) is 28.4. The van der Waals surface area contributed by atoms with E-state index in [9.17, 15) is 0 Å². The lowest BCUT2D eigenvalue weighted by molar-refractivity contribution is 1.28. The van der Waals surface area contributed by atoms with Gasteiger partial charge in [-0.15, -0.1) is 11.3 Å². The Balaban J connectivity index is 1.10. The van der Waals surface area contributed by atoms with E-state index >= 15 is 0 Å². The molecule has 0 N–H and O–H groups in total. The number of rotatable bonds is 6. The molecule has 244 valence electrons. The number of hydrogen-bond acceptors (Lipinski definition) is 2. The molecule has 2 heteroatoms. The molecule has 52 heavy (non-hydrogen) atoms. The smallest absolute Gasteiger partial charge is 0.0467 e.